The molecule has 0 unspecified atom stereocenters. The molecule has 1 aliphatic carbocycles. The van der Waals surface area contributed by atoms with Crippen LogP contribution in [0.15, 0.2) is 24.4 Å². The minimum atomic E-state index is -5.80. The molecule has 2 aromatic heterocycles. The average molecular weight is 392 g/mol. The topological polar surface area (TPSA) is 78.4 Å². The Labute approximate surface area is 145 Å². The van der Waals surface area contributed by atoms with Crippen LogP contribution >= 0.6 is 0 Å². The lowest BCUT2D eigenvalue weighted by molar-refractivity contribution is -0.0500. The normalized spacial score (nSPS) is 14.2. The van der Waals surface area contributed by atoms with Crippen molar-refractivity contribution in [2.45, 2.75) is 31.4 Å². The lowest BCUT2D eigenvalue weighted by Crippen LogP contribution is -2.28. The Hall–Kier alpha value is -2.43. The fourth-order valence-corrected chi connectivity index (χ4v) is 2.91. The first kappa shape index (κ1) is 18.4. The van der Waals surface area contributed by atoms with E-state index in [0.717, 1.165) is 12.3 Å². The van der Waals surface area contributed by atoms with E-state index in [4.69, 9.17) is 4.74 Å². The SMILES string of the molecule is O=S(=O)(Oc1cc(OCc2ccc(F)cn2)nc2c1CCC2)C(F)(F)F. The van der Waals surface area contributed by atoms with Gasteiger partial charge in [0.25, 0.3) is 0 Å². The van der Waals surface area contributed by atoms with E-state index in [1.54, 1.807) is 0 Å². The van der Waals surface area contributed by atoms with E-state index in [1.807, 2.05) is 0 Å². The number of aromatic nitrogens is 2. The van der Waals surface area contributed by atoms with Crippen LogP contribution in [0.5, 0.6) is 11.6 Å². The molecular weight excluding hydrogens is 380 g/mol. The number of halogens is 4. The summed E-state index contributed by atoms with van der Waals surface area (Å²) < 4.78 is 82.8. The van der Waals surface area contributed by atoms with Gasteiger partial charge in [0.1, 0.15) is 12.4 Å². The molecule has 0 radical (unpaired) electrons. The van der Waals surface area contributed by atoms with Crippen LogP contribution < -0.4 is 8.92 Å². The molecule has 0 N–H and O–H groups in total. The zero-order valence-corrected chi connectivity index (χ0v) is 13.9. The predicted octanol–water partition coefficient (Wildman–Crippen LogP) is 2.91. The van der Waals surface area contributed by atoms with E-state index in [-0.39, 0.29) is 12.5 Å². The summed E-state index contributed by atoms with van der Waals surface area (Å²) in [4.78, 5) is 7.93. The first-order valence-electron chi connectivity index (χ1n) is 7.42. The number of aryl methyl sites for hydroxylation is 1. The van der Waals surface area contributed by atoms with Gasteiger partial charge in [-0.1, -0.05) is 0 Å². The molecule has 0 saturated carbocycles. The summed E-state index contributed by atoms with van der Waals surface area (Å²) in [7, 11) is -5.80. The molecule has 2 aromatic rings. The quantitative estimate of drug-likeness (QED) is 0.442. The van der Waals surface area contributed by atoms with Gasteiger partial charge in [0, 0.05) is 11.6 Å². The molecule has 0 fully saturated rings. The van der Waals surface area contributed by atoms with Gasteiger partial charge >= 0.3 is 15.6 Å². The van der Waals surface area contributed by atoms with Crippen LogP contribution in [0, 0.1) is 5.82 Å². The van der Waals surface area contributed by atoms with Gasteiger partial charge < -0.3 is 8.92 Å². The van der Waals surface area contributed by atoms with Gasteiger partial charge in [0.15, 0.2) is 5.75 Å². The average Bonchev–Trinajstić information content (AvgIpc) is 3.02. The summed E-state index contributed by atoms with van der Waals surface area (Å²) in [5.41, 5.74) is -4.45. The Bertz CT molecular complexity index is 914. The van der Waals surface area contributed by atoms with Crippen LogP contribution in [0.1, 0.15) is 23.4 Å². The molecule has 0 bridgehead atoms. The number of ether oxygens (including phenoxy) is 1. The molecule has 6 nitrogen and oxygen atoms in total. The van der Waals surface area contributed by atoms with E-state index < -0.39 is 27.2 Å². The molecule has 3 rings (SSSR count). The van der Waals surface area contributed by atoms with Crippen molar-refractivity contribution < 1.29 is 34.9 Å². The molecule has 11 heteroatoms. The van der Waals surface area contributed by atoms with E-state index in [9.17, 15) is 26.0 Å². The Morgan fingerprint density at radius 3 is 2.62 bits per heavy atom. The van der Waals surface area contributed by atoms with Crippen LogP contribution in [0.25, 0.3) is 0 Å². The molecule has 0 saturated heterocycles. The second-order valence-electron chi connectivity index (χ2n) is 5.48. The number of pyridine rings is 2. The van der Waals surface area contributed by atoms with Crippen molar-refractivity contribution in [3.8, 4) is 11.6 Å². The Morgan fingerprint density at radius 2 is 1.96 bits per heavy atom. The van der Waals surface area contributed by atoms with Gasteiger partial charge in [-0.2, -0.15) is 21.6 Å². The van der Waals surface area contributed by atoms with E-state index in [2.05, 4.69) is 14.2 Å². The van der Waals surface area contributed by atoms with Crippen LogP contribution in [-0.2, 0) is 29.6 Å². The minimum absolute atomic E-state index is 0.107. The van der Waals surface area contributed by atoms with Crippen LogP contribution in [0.2, 0.25) is 0 Å². The summed E-state index contributed by atoms with van der Waals surface area (Å²) >= 11 is 0. The predicted molar refractivity (Wildman–Crippen MR) is 80.4 cm³/mol. The number of alkyl halides is 3. The number of hydrogen-bond acceptors (Lipinski definition) is 6. The smallest absolute Gasteiger partial charge is 0.471 e. The minimum Gasteiger partial charge on any atom is -0.471 e. The molecule has 1 aliphatic rings. The number of hydrogen-bond donors (Lipinski definition) is 0. The van der Waals surface area contributed by atoms with Crippen molar-refractivity contribution in [3.05, 3.63) is 47.2 Å². The highest BCUT2D eigenvalue weighted by atomic mass is 32.2. The zero-order valence-electron chi connectivity index (χ0n) is 13.1. The lowest BCUT2D eigenvalue weighted by Gasteiger charge is -2.14. The van der Waals surface area contributed by atoms with E-state index >= 15 is 0 Å². The third-order valence-corrected chi connectivity index (χ3v) is 4.59. The van der Waals surface area contributed by atoms with Gasteiger partial charge in [-0.15, -0.1) is 0 Å². The van der Waals surface area contributed by atoms with Crippen molar-refractivity contribution >= 4 is 10.1 Å². The fourth-order valence-electron chi connectivity index (χ4n) is 2.43. The van der Waals surface area contributed by atoms with Gasteiger partial charge in [-0.3, -0.25) is 4.98 Å². The third kappa shape index (κ3) is 3.87. The highest BCUT2D eigenvalue weighted by Crippen LogP contribution is 2.36. The Balaban J connectivity index is 1.85. The first-order chi connectivity index (χ1) is 12.2. The molecule has 140 valence electrons. The van der Waals surface area contributed by atoms with Gasteiger partial charge in [0.05, 0.1) is 17.6 Å². The fraction of sp³-hybridized carbons (Fsp3) is 0.333. The zero-order chi connectivity index (χ0) is 18.9. The lowest BCUT2D eigenvalue weighted by atomic mass is 10.2. The summed E-state index contributed by atoms with van der Waals surface area (Å²) in [6.07, 6.45) is 2.40. The number of rotatable bonds is 5. The second kappa shape index (κ2) is 6.71. The third-order valence-electron chi connectivity index (χ3n) is 3.63. The largest absolute Gasteiger partial charge is 0.534 e. The second-order valence-corrected chi connectivity index (χ2v) is 7.01. The number of nitrogens with zero attached hydrogens (tertiary/aromatic N) is 2. The molecule has 0 aromatic carbocycles. The molecular formula is C15H12F4N2O4S. The van der Waals surface area contributed by atoms with Crippen LogP contribution in [-0.4, -0.2) is 23.9 Å². The highest BCUT2D eigenvalue weighted by molar-refractivity contribution is 7.88. The molecule has 0 spiro atoms. The van der Waals surface area contributed by atoms with Crippen LogP contribution in [0.4, 0.5) is 17.6 Å². The molecule has 0 amide bonds. The van der Waals surface area contributed by atoms with Crippen molar-refractivity contribution in [1.82, 2.24) is 9.97 Å². The van der Waals surface area contributed by atoms with Gasteiger partial charge in [-0.05, 0) is 31.4 Å². The Kier molecular flexibility index (Phi) is 4.74. The maximum atomic E-state index is 12.8. The standard InChI is InChI=1S/C15H12F4N2O4S/c16-9-4-5-10(20-7-9)8-24-14-6-13(11-2-1-3-12(11)21-14)25-26(22,23)15(17,18)19/h4-7H,1-3,8H2. The molecule has 26 heavy (non-hydrogen) atoms. The van der Waals surface area contributed by atoms with E-state index in [1.165, 1.54) is 12.1 Å². The van der Waals surface area contributed by atoms with Crippen LogP contribution in [0.3, 0.4) is 0 Å². The molecule has 2 heterocycles. The van der Waals surface area contributed by atoms with Crippen molar-refractivity contribution in [2.24, 2.45) is 0 Å². The first-order valence-corrected chi connectivity index (χ1v) is 8.83. The maximum Gasteiger partial charge on any atom is 0.534 e. The van der Waals surface area contributed by atoms with Crippen molar-refractivity contribution in [2.75, 3.05) is 0 Å². The summed E-state index contributed by atoms with van der Waals surface area (Å²) in [6.45, 7) is -0.127. The summed E-state index contributed by atoms with van der Waals surface area (Å²) in [5.74, 6) is -1.09. The summed E-state index contributed by atoms with van der Waals surface area (Å²) in [5, 5.41) is 0. The van der Waals surface area contributed by atoms with Gasteiger partial charge in [0.2, 0.25) is 5.88 Å². The van der Waals surface area contributed by atoms with Gasteiger partial charge in [-0.25, -0.2) is 9.37 Å². The van der Waals surface area contributed by atoms with E-state index in [0.29, 0.717) is 36.2 Å². The number of fused-ring (bicyclic) bond motifs is 1. The monoisotopic (exact) mass is 392 g/mol. The van der Waals surface area contributed by atoms with Crippen molar-refractivity contribution in [3.63, 3.8) is 0 Å². The Morgan fingerprint density at radius 1 is 1.19 bits per heavy atom. The highest BCUT2D eigenvalue weighted by Gasteiger charge is 2.49. The molecule has 0 atom stereocenters. The maximum absolute atomic E-state index is 12.8. The molecule has 0 aliphatic heterocycles. The van der Waals surface area contributed by atoms with Crippen molar-refractivity contribution in [1.29, 1.82) is 0 Å². The summed E-state index contributed by atoms with van der Waals surface area (Å²) in [6, 6.07) is 3.54.